The van der Waals surface area contributed by atoms with Crippen molar-refractivity contribution in [3.05, 3.63) is 47.8 Å². The third-order valence-corrected chi connectivity index (χ3v) is 4.12. The fraction of sp³-hybridized carbons (Fsp3) is 0.316. The van der Waals surface area contributed by atoms with Gasteiger partial charge in [0.15, 0.2) is 28.7 Å². The van der Waals surface area contributed by atoms with Crippen molar-refractivity contribution in [2.45, 2.75) is 26.9 Å². The zero-order valence-corrected chi connectivity index (χ0v) is 15.8. The molecule has 28 heavy (non-hydrogen) atoms. The number of carboxylic acids is 1. The molecule has 9 heteroatoms. The topological polar surface area (TPSA) is 102 Å². The first-order chi connectivity index (χ1) is 13.4. The number of hydrogen-bond acceptors (Lipinski definition) is 6. The molecule has 0 aliphatic heterocycles. The van der Waals surface area contributed by atoms with E-state index in [1.807, 2.05) is 4.57 Å². The van der Waals surface area contributed by atoms with Crippen LogP contribution in [0.25, 0.3) is 11.3 Å². The standard InChI is InChI=1S/C19H21FN4O4/c1-11(2)9-24-10-21-7-13(24)8-22-18-16(19(25)26)17(28-23-18)12-4-5-14(20)15(6-12)27-3/h4-7,10-11H,8-9H2,1-3H3,(H,22,23)(H,25,26). The molecule has 0 spiro atoms. The lowest BCUT2D eigenvalue weighted by atomic mass is 10.1. The number of anilines is 1. The lowest BCUT2D eigenvalue weighted by Gasteiger charge is -2.11. The van der Waals surface area contributed by atoms with E-state index >= 15 is 0 Å². The van der Waals surface area contributed by atoms with Gasteiger partial charge in [-0.25, -0.2) is 14.2 Å². The molecule has 0 atom stereocenters. The van der Waals surface area contributed by atoms with E-state index in [4.69, 9.17) is 9.26 Å². The van der Waals surface area contributed by atoms with E-state index in [1.54, 1.807) is 12.5 Å². The summed E-state index contributed by atoms with van der Waals surface area (Å²) < 4.78 is 25.8. The van der Waals surface area contributed by atoms with Crippen molar-refractivity contribution >= 4 is 11.8 Å². The third kappa shape index (κ3) is 3.98. The average molecular weight is 388 g/mol. The van der Waals surface area contributed by atoms with Gasteiger partial charge in [-0.2, -0.15) is 0 Å². The minimum absolute atomic E-state index is 0.0164. The number of rotatable bonds is 8. The van der Waals surface area contributed by atoms with Crippen molar-refractivity contribution in [2.75, 3.05) is 12.4 Å². The molecule has 3 rings (SSSR count). The first-order valence-corrected chi connectivity index (χ1v) is 8.70. The molecule has 2 aromatic heterocycles. The van der Waals surface area contributed by atoms with Crippen LogP contribution in [0.15, 0.2) is 35.2 Å². The molecule has 0 radical (unpaired) electrons. The summed E-state index contributed by atoms with van der Waals surface area (Å²) in [5.74, 6) is -1.24. The summed E-state index contributed by atoms with van der Waals surface area (Å²) in [7, 11) is 1.33. The predicted molar refractivity (Wildman–Crippen MR) is 99.8 cm³/mol. The van der Waals surface area contributed by atoms with E-state index in [2.05, 4.69) is 29.3 Å². The highest BCUT2D eigenvalue weighted by Gasteiger charge is 2.24. The Morgan fingerprint density at radius 3 is 2.89 bits per heavy atom. The average Bonchev–Trinajstić information content (AvgIpc) is 3.26. The van der Waals surface area contributed by atoms with Crippen molar-refractivity contribution in [3.8, 4) is 17.1 Å². The fourth-order valence-corrected chi connectivity index (χ4v) is 2.83. The summed E-state index contributed by atoms with van der Waals surface area (Å²) in [6.07, 6.45) is 3.44. The maximum atomic E-state index is 13.6. The Balaban J connectivity index is 1.88. The number of aromatic nitrogens is 3. The minimum atomic E-state index is -1.21. The van der Waals surface area contributed by atoms with E-state index in [-0.39, 0.29) is 22.9 Å². The van der Waals surface area contributed by atoms with Crippen LogP contribution >= 0.6 is 0 Å². The van der Waals surface area contributed by atoms with Gasteiger partial charge in [-0.3, -0.25) is 0 Å². The van der Waals surface area contributed by atoms with E-state index in [0.29, 0.717) is 18.0 Å². The van der Waals surface area contributed by atoms with Crippen LogP contribution in [-0.2, 0) is 13.1 Å². The predicted octanol–water partition coefficient (Wildman–Crippen LogP) is 3.65. The summed E-state index contributed by atoms with van der Waals surface area (Å²) in [6.45, 7) is 5.31. The number of imidazole rings is 1. The van der Waals surface area contributed by atoms with Crippen LogP contribution in [0.1, 0.15) is 29.9 Å². The lowest BCUT2D eigenvalue weighted by Crippen LogP contribution is -2.12. The molecule has 0 fully saturated rings. The van der Waals surface area contributed by atoms with E-state index in [9.17, 15) is 14.3 Å². The van der Waals surface area contributed by atoms with Gasteiger partial charge in [-0.1, -0.05) is 19.0 Å². The van der Waals surface area contributed by atoms with Gasteiger partial charge >= 0.3 is 5.97 Å². The van der Waals surface area contributed by atoms with Crippen molar-refractivity contribution in [3.63, 3.8) is 0 Å². The number of nitrogens with zero attached hydrogens (tertiary/aromatic N) is 3. The van der Waals surface area contributed by atoms with Crippen molar-refractivity contribution in [2.24, 2.45) is 5.92 Å². The molecule has 0 bridgehead atoms. The molecular weight excluding hydrogens is 367 g/mol. The Morgan fingerprint density at radius 2 is 2.21 bits per heavy atom. The van der Waals surface area contributed by atoms with E-state index < -0.39 is 11.8 Å². The molecule has 148 valence electrons. The van der Waals surface area contributed by atoms with Crippen LogP contribution in [0.4, 0.5) is 10.2 Å². The van der Waals surface area contributed by atoms with Crippen molar-refractivity contribution < 1.29 is 23.6 Å². The zero-order chi connectivity index (χ0) is 20.3. The lowest BCUT2D eigenvalue weighted by molar-refractivity contribution is 0.0698. The van der Waals surface area contributed by atoms with Gasteiger partial charge in [0.05, 0.1) is 25.7 Å². The van der Waals surface area contributed by atoms with Crippen molar-refractivity contribution in [1.29, 1.82) is 0 Å². The largest absolute Gasteiger partial charge is 0.494 e. The molecule has 0 aliphatic carbocycles. The Bertz CT molecular complexity index is 980. The highest BCUT2D eigenvalue weighted by atomic mass is 19.1. The Morgan fingerprint density at radius 1 is 1.43 bits per heavy atom. The van der Waals surface area contributed by atoms with Gasteiger partial charge in [-0.05, 0) is 24.1 Å². The molecule has 0 aliphatic rings. The second-order valence-electron chi connectivity index (χ2n) is 6.67. The summed E-state index contributed by atoms with van der Waals surface area (Å²) in [4.78, 5) is 15.9. The van der Waals surface area contributed by atoms with Gasteiger partial charge in [0.2, 0.25) is 0 Å². The Kier molecular flexibility index (Phi) is 5.62. The molecule has 1 aromatic carbocycles. The Labute approximate surface area is 160 Å². The summed E-state index contributed by atoms with van der Waals surface area (Å²) in [5.41, 5.74) is 1.10. The van der Waals surface area contributed by atoms with Crippen molar-refractivity contribution in [1.82, 2.24) is 14.7 Å². The van der Waals surface area contributed by atoms with Gasteiger partial charge in [0.25, 0.3) is 0 Å². The number of carbonyl (C=O) groups is 1. The van der Waals surface area contributed by atoms with E-state index in [0.717, 1.165) is 12.2 Å². The highest BCUT2D eigenvalue weighted by molar-refractivity contribution is 5.99. The fourth-order valence-electron chi connectivity index (χ4n) is 2.83. The van der Waals surface area contributed by atoms with Crippen LogP contribution < -0.4 is 10.1 Å². The van der Waals surface area contributed by atoms with Crippen LogP contribution in [0.5, 0.6) is 5.75 Å². The number of hydrogen-bond donors (Lipinski definition) is 2. The molecule has 8 nitrogen and oxygen atoms in total. The monoisotopic (exact) mass is 388 g/mol. The van der Waals surface area contributed by atoms with Gasteiger partial charge in [0, 0.05) is 18.3 Å². The number of carboxylic acid groups (broad SMARTS) is 1. The van der Waals surface area contributed by atoms with Gasteiger partial charge in [0.1, 0.15) is 0 Å². The molecule has 0 saturated heterocycles. The Hall–Kier alpha value is -3.36. The molecule has 0 unspecified atom stereocenters. The zero-order valence-electron chi connectivity index (χ0n) is 15.8. The smallest absolute Gasteiger partial charge is 0.343 e. The molecule has 3 aromatic rings. The summed E-state index contributed by atoms with van der Waals surface area (Å²) in [6, 6.07) is 3.95. The number of nitrogens with one attached hydrogen (secondary N) is 1. The van der Waals surface area contributed by atoms with Gasteiger partial charge in [-0.15, -0.1) is 0 Å². The summed E-state index contributed by atoms with van der Waals surface area (Å²) >= 11 is 0. The van der Waals surface area contributed by atoms with Crippen LogP contribution in [0, 0.1) is 11.7 Å². The summed E-state index contributed by atoms with van der Waals surface area (Å²) in [5, 5.41) is 16.5. The molecular formula is C19H21FN4O4. The molecule has 0 saturated carbocycles. The first kappa shape index (κ1) is 19.4. The molecule has 0 amide bonds. The normalized spacial score (nSPS) is 11.0. The quantitative estimate of drug-likeness (QED) is 0.607. The maximum Gasteiger partial charge on any atom is 0.343 e. The third-order valence-electron chi connectivity index (χ3n) is 4.12. The number of ether oxygens (including phenoxy) is 1. The van der Waals surface area contributed by atoms with Gasteiger partial charge < -0.3 is 24.3 Å². The second-order valence-corrected chi connectivity index (χ2v) is 6.67. The molecule has 2 N–H and O–H groups in total. The highest BCUT2D eigenvalue weighted by Crippen LogP contribution is 2.32. The minimum Gasteiger partial charge on any atom is -0.494 e. The number of aromatic carboxylic acids is 1. The SMILES string of the molecule is COc1cc(-c2onc(NCc3cncn3CC(C)C)c2C(=O)O)ccc1F. The number of methoxy groups -OCH3 is 1. The first-order valence-electron chi connectivity index (χ1n) is 8.70. The van der Waals surface area contributed by atoms with Crippen LogP contribution in [0.3, 0.4) is 0 Å². The number of halogens is 1. The number of benzene rings is 1. The van der Waals surface area contributed by atoms with Crippen LogP contribution in [0.2, 0.25) is 0 Å². The maximum absolute atomic E-state index is 13.6. The second kappa shape index (κ2) is 8.12. The van der Waals surface area contributed by atoms with Crippen LogP contribution in [-0.4, -0.2) is 32.9 Å². The van der Waals surface area contributed by atoms with E-state index in [1.165, 1.54) is 25.3 Å². The molecule has 2 heterocycles.